The maximum atomic E-state index is 5.92. The van der Waals surface area contributed by atoms with E-state index in [1.165, 1.54) is 81.1 Å². The lowest BCUT2D eigenvalue weighted by molar-refractivity contribution is -0.744. The van der Waals surface area contributed by atoms with Crippen molar-refractivity contribution in [2.45, 2.75) is 180 Å². The zero-order chi connectivity index (χ0) is 73.2. The van der Waals surface area contributed by atoms with Crippen LogP contribution in [0.15, 0.2) is 200 Å². The average molecular weight is 1330 g/mol. The first-order valence-corrected chi connectivity index (χ1v) is 36.5. The number of aryl methyl sites for hydroxylation is 9. The van der Waals surface area contributed by atoms with E-state index in [-0.39, 0.29) is 0 Å². The van der Waals surface area contributed by atoms with Gasteiger partial charge in [0.05, 0.1) is 24.8 Å². The third-order valence-corrected chi connectivity index (χ3v) is 15.1. The molecule has 0 aliphatic heterocycles. The molecule has 13 heteroatoms. The summed E-state index contributed by atoms with van der Waals surface area (Å²) in [4.78, 5) is 8.16. The number of aromatic nitrogens is 11. The van der Waals surface area contributed by atoms with Crippen molar-refractivity contribution in [3.8, 4) is 22.9 Å². The number of fused-ring (bicyclic) bond motifs is 9. The molecular weight excluding hydrogens is 1200 g/mol. The van der Waals surface area contributed by atoms with Gasteiger partial charge in [0.25, 0.3) is 0 Å². The highest BCUT2D eigenvalue weighted by molar-refractivity contribution is 7.25. The van der Waals surface area contributed by atoms with Crippen LogP contribution in [0.4, 0.5) is 0 Å². The van der Waals surface area contributed by atoms with E-state index in [2.05, 4.69) is 219 Å². The van der Waals surface area contributed by atoms with Gasteiger partial charge in [-0.05, 0) is 99.0 Å². The van der Waals surface area contributed by atoms with Gasteiger partial charge in [-0.15, -0.1) is 48.8 Å². The van der Waals surface area contributed by atoms with E-state index in [4.69, 9.17) is 4.42 Å². The molecule has 0 N–H and O–H groups in total. The first-order valence-electron chi connectivity index (χ1n) is 35.7. The van der Waals surface area contributed by atoms with Crippen molar-refractivity contribution in [1.29, 1.82) is 0 Å². The topological polar surface area (TPSA) is 79.1 Å². The van der Waals surface area contributed by atoms with Crippen molar-refractivity contribution in [3.63, 3.8) is 0 Å². The molecule has 12 nitrogen and oxygen atoms in total. The Morgan fingerprint density at radius 1 is 0.344 bits per heavy atom. The van der Waals surface area contributed by atoms with Crippen LogP contribution in [0.25, 0.3) is 86.8 Å². The second-order valence-corrected chi connectivity index (χ2v) is 19.9. The SMILES string of the molecule is CC.CC.CC.CC.CC.CC.CC.CC.CC.CC.CC.Cc1cc2c(cc1-n1ccc[n+]1C)c1ccccc1n2C.Cc1cc2oc3ccccc3c2cc1-n1ccc[n+]1C.Cc1cc2sc3ccccc3c2cc1-n1ccc[n+]1C.Cc1cncnc1-n1ccc[n+]1C. The maximum Gasteiger partial charge on any atom is 0.198 e. The molecular formula is C83H125N11OS+4. The van der Waals surface area contributed by atoms with Crippen LogP contribution in [-0.2, 0) is 35.2 Å². The van der Waals surface area contributed by atoms with Gasteiger partial charge in [-0.1, -0.05) is 207 Å². The van der Waals surface area contributed by atoms with Gasteiger partial charge < -0.3 is 8.98 Å². The van der Waals surface area contributed by atoms with Crippen LogP contribution >= 0.6 is 11.3 Å². The lowest BCUT2D eigenvalue weighted by atomic mass is 10.1. The Balaban J connectivity index is 0.00000115. The second-order valence-electron chi connectivity index (χ2n) is 18.9. The van der Waals surface area contributed by atoms with Crippen LogP contribution in [0.3, 0.4) is 0 Å². The Morgan fingerprint density at radius 2 is 0.740 bits per heavy atom. The molecule has 96 heavy (non-hydrogen) atoms. The molecule has 6 aromatic carbocycles. The zero-order valence-electron chi connectivity index (χ0n) is 65.2. The number of furan rings is 1. The minimum atomic E-state index is 0.919. The van der Waals surface area contributed by atoms with Gasteiger partial charge in [0.15, 0.2) is 58.8 Å². The Hall–Kier alpha value is -8.94. The second kappa shape index (κ2) is 47.9. The van der Waals surface area contributed by atoms with Crippen molar-refractivity contribution >= 4 is 75.3 Å². The number of nitrogens with zero attached hydrogens (tertiary/aromatic N) is 11. The summed E-state index contributed by atoms with van der Waals surface area (Å²) in [6.45, 7) is 52.5. The van der Waals surface area contributed by atoms with Crippen molar-refractivity contribution in [3.05, 3.63) is 218 Å². The zero-order valence-corrected chi connectivity index (χ0v) is 66.0. The van der Waals surface area contributed by atoms with Gasteiger partial charge >= 0.3 is 0 Å². The normalized spacial score (nSPS) is 9.41. The quantitative estimate of drug-likeness (QED) is 0.165. The predicted octanol–water partition coefficient (Wildman–Crippen LogP) is 22.4. The fourth-order valence-corrected chi connectivity index (χ4v) is 11.2. The van der Waals surface area contributed by atoms with Gasteiger partial charge in [0, 0.05) is 95.8 Å². The first-order chi connectivity index (χ1) is 46.9. The first kappa shape index (κ1) is 87.1. The minimum absolute atomic E-state index is 0.919. The highest BCUT2D eigenvalue weighted by Crippen LogP contribution is 2.37. The standard InChI is InChI=1S/C18H18N3.C17H15N2O.C17H15N2S.C9H11N4.11C2H6/c1-13-11-18-15(12-17(13)21-10-6-9-19(21)2)14-7-4-5-8-16(14)20(18)3;2*1-12-10-17-14(13-6-3-4-7-16(13)20-17)11-15(12)19-9-5-8-18(19)2;1-8-6-10-7-11-9(8)13-5-3-4-12(13)2;11*1-2/h4-12H,1-3H3;2*3-11H,1-2H3;3-7H,1-2H3;11*1-2H3/q4*+1;;;;;;;;;;;. The molecule has 0 fully saturated rings. The molecule has 0 aliphatic carbocycles. The summed E-state index contributed by atoms with van der Waals surface area (Å²) >= 11 is 1.87. The molecule has 0 aliphatic rings. The summed E-state index contributed by atoms with van der Waals surface area (Å²) in [5.41, 5.74) is 12.9. The highest BCUT2D eigenvalue weighted by atomic mass is 32.1. The van der Waals surface area contributed by atoms with Crippen molar-refractivity contribution in [2.24, 2.45) is 35.2 Å². The molecule has 0 saturated heterocycles. The fraction of sp³-hybridized carbons (Fsp3) is 0.373. The highest BCUT2D eigenvalue weighted by Gasteiger charge is 2.17. The molecule has 0 amide bonds. The maximum absolute atomic E-state index is 5.92. The van der Waals surface area contributed by atoms with E-state index in [1.807, 2.05) is 249 Å². The Morgan fingerprint density at radius 3 is 1.21 bits per heavy atom. The van der Waals surface area contributed by atoms with Crippen LogP contribution in [-0.4, -0.2) is 33.3 Å². The number of thiophene rings is 1. The molecule has 8 heterocycles. The molecule has 14 aromatic rings. The van der Waals surface area contributed by atoms with Crippen molar-refractivity contribution in [2.75, 3.05) is 0 Å². The van der Waals surface area contributed by atoms with E-state index in [9.17, 15) is 0 Å². The molecule has 520 valence electrons. The van der Waals surface area contributed by atoms with Crippen LogP contribution in [0, 0.1) is 27.7 Å². The monoisotopic (exact) mass is 1320 g/mol. The third-order valence-electron chi connectivity index (χ3n) is 13.9. The largest absolute Gasteiger partial charge is 0.456 e. The molecule has 14 rings (SSSR count). The number of hydrogen-bond acceptors (Lipinski definition) is 4. The predicted molar refractivity (Wildman–Crippen MR) is 421 cm³/mol. The van der Waals surface area contributed by atoms with Gasteiger partial charge in [-0.25, -0.2) is 9.97 Å². The van der Waals surface area contributed by atoms with Crippen molar-refractivity contribution < 1.29 is 23.1 Å². The lowest BCUT2D eigenvalue weighted by Crippen LogP contribution is -2.37. The summed E-state index contributed by atoms with van der Waals surface area (Å²) in [6, 6.07) is 47.0. The minimum Gasteiger partial charge on any atom is -0.456 e. The number of benzene rings is 6. The summed E-state index contributed by atoms with van der Waals surface area (Å²) in [5.74, 6) is 0.919. The summed E-state index contributed by atoms with van der Waals surface area (Å²) < 4.78 is 27.6. The Labute approximate surface area is 584 Å². The summed E-state index contributed by atoms with van der Waals surface area (Å²) in [5, 5.41) is 7.64. The molecule has 0 atom stereocenters. The van der Waals surface area contributed by atoms with Crippen LogP contribution in [0.2, 0.25) is 0 Å². The van der Waals surface area contributed by atoms with E-state index in [0.717, 1.165) is 27.9 Å². The van der Waals surface area contributed by atoms with Crippen LogP contribution in [0.5, 0.6) is 0 Å². The summed E-state index contributed by atoms with van der Waals surface area (Å²) in [7, 11) is 10.3. The lowest BCUT2D eigenvalue weighted by Gasteiger charge is -2.06. The average Bonchev–Trinajstić information content (AvgIpc) is 1.62. The number of rotatable bonds is 4. The van der Waals surface area contributed by atoms with Crippen LogP contribution in [0.1, 0.15) is 175 Å². The van der Waals surface area contributed by atoms with Gasteiger partial charge in [-0.3, -0.25) is 0 Å². The Kier molecular flexibility index (Phi) is 43.4. The fourth-order valence-electron chi connectivity index (χ4n) is 10.1. The van der Waals surface area contributed by atoms with E-state index < -0.39 is 0 Å². The Bertz CT molecular complexity index is 4190. The summed E-state index contributed by atoms with van der Waals surface area (Å²) in [6.07, 6.45) is 19.7. The number of hydrogen-bond donors (Lipinski definition) is 0. The smallest absolute Gasteiger partial charge is 0.198 e. The molecule has 0 saturated carbocycles. The van der Waals surface area contributed by atoms with Crippen molar-refractivity contribution in [1.82, 2.24) is 33.3 Å². The van der Waals surface area contributed by atoms with E-state index in [1.54, 1.807) is 6.33 Å². The third kappa shape index (κ3) is 21.5. The van der Waals surface area contributed by atoms with Gasteiger partial charge in [-0.2, -0.15) is 0 Å². The molecule has 8 aromatic heterocycles. The van der Waals surface area contributed by atoms with E-state index in [0.29, 0.717) is 0 Å². The van der Waals surface area contributed by atoms with Gasteiger partial charge in [0.1, 0.15) is 34.6 Å². The molecule has 0 radical (unpaired) electrons. The van der Waals surface area contributed by atoms with Crippen LogP contribution < -0.4 is 18.7 Å². The molecule has 0 unspecified atom stereocenters. The van der Waals surface area contributed by atoms with Gasteiger partial charge in [0.2, 0.25) is 0 Å². The van der Waals surface area contributed by atoms with E-state index >= 15 is 0 Å². The molecule has 0 bridgehead atoms. The molecule has 0 spiro atoms. The number of para-hydroxylation sites is 2.